The molecule has 0 unspecified atom stereocenters. The van der Waals surface area contributed by atoms with E-state index in [1.54, 1.807) is 0 Å². The Labute approximate surface area is 100 Å². The number of fused-ring (bicyclic) bond motifs is 1. The van der Waals surface area contributed by atoms with Crippen LogP contribution in [0.5, 0.6) is 5.75 Å². The van der Waals surface area contributed by atoms with Crippen LogP contribution in [0.1, 0.15) is 5.56 Å². The van der Waals surface area contributed by atoms with Crippen LogP contribution in [0, 0.1) is 0 Å². The van der Waals surface area contributed by atoms with Crippen LogP contribution < -0.4 is 15.4 Å². The second-order valence-electron chi connectivity index (χ2n) is 3.98. The maximum absolute atomic E-state index is 5.83. The summed E-state index contributed by atoms with van der Waals surface area (Å²) in [5, 5.41) is 6.52. The number of rotatable bonds is 3. The molecule has 0 fully saturated rings. The first-order chi connectivity index (χ1) is 8.43. The molecule has 3 heteroatoms. The van der Waals surface area contributed by atoms with E-state index in [4.69, 9.17) is 4.74 Å². The normalized spacial score (nSPS) is 12.5. The van der Waals surface area contributed by atoms with Gasteiger partial charge in [0, 0.05) is 0 Å². The molecule has 3 nitrogen and oxygen atoms in total. The highest BCUT2D eigenvalue weighted by Crippen LogP contribution is 2.35. The summed E-state index contributed by atoms with van der Waals surface area (Å²) in [5.41, 5.74) is 3.34. The first kappa shape index (κ1) is 10.0. The van der Waals surface area contributed by atoms with Gasteiger partial charge in [0.05, 0.1) is 12.4 Å². The van der Waals surface area contributed by atoms with E-state index in [-0.39, 0.29) is 0 Å². The highest BCUT2D eigenvalue weighted by molar-refractivity contribution is 5.79. The van der Waals surface area contributed by atoms with Gasteiger partial charge in [-0.1, -0.05) is 36.4 Å². The smallest absolute Gasteiger partial charge is 0.145 e. The molecular formula is C14H14N2O. The van der Waals surface area contributed by atoms with Gasteiger partial charge in [-0.3, -0.25) is 0 Å². The minimum Gasteiger partial charge on any atom is -0.487 e. The van der Waals surface area contributed by atoms with Crippen molar-refractivity contribution in [1.82, 2.24) is 0 Å². The van der Waals surface area contributed by atoms with Crippen molar-refractivity contribution in [2.45, 2.75) is 6.61 Å². The number of hydrogen-bond acceptors (Lipinski definition) is 3. The molecule has 1 aliphatic heterocycles. The van der Waals surface area contributed by atoms with E-state index >= 15 is 0 Å². The van der Waals surface area contributed by atoms with Crippen LogP contribution in [0.25, 0.3) is 0 Å². The Hall–Kier alpha value is -2.16. The minimum absolute atomic E-state index is 0.596. The Bertz CT molecular complexity index is 511. The van der Waals surface area contributed by atoms with Gasteiger partial charge in [0.2, 0.25) is 0 Å². The number of nitrogens with one attached hydrogen (secondary N) is 2. The molecule has 1 heterocycles. The van der Waals surface area contributed by atoms with Gasteiger partial charge in [0.1, 0.15) is 18.0 Å². The maximum atomic E-state index is 5.83. The van der Waals surface area contributed by atoms with E-state index in [0.29, 0.717) is 6.61 Å². The van der Waals surface area contributed by atoms with Crippen molar-refractivity contribution in [3.63, 3.8) is 0 Å². The quantitative estimate of drug-likeness (QED) is 0.843. The second-order valence-corrected chi connectivity index (χ2v) is 3.98. The molecule has 0 aromatic heterocycles. The third-order valence-electron chi connectivity index (χ3n) is 2.81. The summed E-state index contributed by atoms with van der Waals surface area (Å²) in [6, 6.07) is 16.2. The summed E-state index contributed by atoms with van der Waals surface area (Å²) in [6.07, 6.45) is 0. The van der Waals surface area contributed by atoms with Crippen LogP contribution in [-0.4, -0.2) is 6.67 Å². The third-order valence-corrected chi connectivity index (χ3v) is 2.81. The summed E-state index contributed by atoms with van der Waals surface area (Å²) in [7, 11) is 0. The number of benzene rings is 2. The van der Waals surface area contributed by atoms with Gasteiger partial charge in [-0.25, -0.2) is 0 Å². The summed E-state index contributed by atoms with van der Waals surface area (Å²) < 4.78 is 5.83. The van der Waals surface area contributed by atoms with Crippen LogP contribution in [0.4, 0.5) is 11.4 Å². The SMILES string of the molecule is c1ccc(COc2cccc3c2NCN3)cc1. The lowest BCUT2D eigenvalue weighted by Crippen LogP contribution is -2.00. The number of ether oxygens (including phenoxy) is 1. The van der Waals surface area contributed by atoms with Crippen LogP contribution in [0.15, 0.2) is 48.5 Å². The number of hydrogen-bond donors (Lipinski definition) is 2. The van der Waals surface area contributed by atoms with E-state index in [9.17, 15) is 0 Å². The van der Waals surface area contributed by atoms with E-state index < -0.39 is 0 Å². The lowest BCUT2D eigenvalue weighted by molar-refractivity contribution is 0.308. The van der Waals surface area contributed by atoms with Gasteiger partial charge in [0.25, 0.3) is 0 Å². The topological polar surface area (TPSA) is 33.3 Å². The van der Waals surface area contributed by atoms with Crippen LogP contribution in [-0.2, 0) is 6.61 Å². The average Bonchev–Trinajstić information content (AvgIpc) is 2.86. The molecule has 86 valence electrons. The summed E-state index contributed by atoms with van der Waals surface area (Å²) >= 11 is 0. The zero-order valence-corrected chi connectivity index (χ0v) is 9.44. The van der Waals surface area contributed by atoms with Gasteiger partial charge >= 0.3 is 0 Å². The maximum Gasteiger partial charge on any atom is 0.145 e. The first-order valence-electron chi connectivity index (χ1n) is 5.71. The zero-order chi connectivity index (χ0) is 11.5. The molecule has 0 atom stereocenters. The Morgan fingerprint density at radius 1 is 0.941 bits per heavy atom. The van der Waals surface area contributed by atoms with E-state index in [1.807, 2.05) is 36.4 Å². The standard InChI is InChI=1S/C14H14N2O/c1-2-5-11(6-3-1)9-17-13-8-4-7-12-14(13)16-10-15-12/h1-8,15-16H,9-10H2. The fraction of sp³-hybridized carbons (Fsp3) is 0.143. The molecule has 0 aliphatic carbocycles. The van der Waals surface area contributed by atoms with Gasteiger partial charge in [-0.15, -0.1) is 0 Å². The fourth-order valence-electron chi connectivity index (χ4n) is 1.94. The van der Waals surface area contributed by atoms with Crippen LogP contribution >= 0.6 is 0 Å². The molecule has 2 N–H and O–H groups in total. The molecule has 1 aliphatic rings. The van der Waals surface area contributed by atoms with Crippen molar-refractivity contribution < 1.29 is 4.74 Å². The largest absolute Gasteiger partial charge is 0.487 e. The molecule has 0 saturated heterocycles. The minimum atomic E-state index is 0.596. The second kappa shape index (κ2) is 4.37. The van der Waals surface area contributed by atoms with Gasteiger partial charge < -0.3 is 15.4 Å². The summed E-state index contributed by atoms with van der Waals surface area (Å²) in [5.74, 6) is 0.899. The van der Waals surface area contributed by atoms with Crippen molar-refractivity contribution >= 4 is 11.4 Å². The van der Waals surface area contributed by atoms with Crippen LogP contribution in [0.2, 0.25) is 0 Å². The van der Waals surface area contributed by atoms with Gasteiger partial charge in [0.15, 0.2) is 0 Å². The monoisotopic (exact) mass is 226 g/mol. The third kappa shape index (κ3) is 2.04. The lowest BCUT2D eigenvalue weighted by Gasteiger charge is -2.10. The van der Waals surface area contributed by atoms with Crippen LogP contribution in [0.3, 0.4) is 0 Å². The zero-order valence-electron chi connectivity index (χ0n) is 9.44. The van der Waals surface area contributed by atoms with Gasteiger partial charge in [-0.05, 0) is 17.7 Å². The highest BCUT2D eigenvalue weighted by atomic mass is 16.5. The lowest BCUT2D eigenvalue weighted by atomic mass is 10.2. The molecule has 0 radical (unpaired) electrons. The predicted molar refractivity (Wildman–Crippen MR) is 69.3 cm³/mol. The van der Waals surface area contributed by atoms with Crippen molar-refractivity contribution in [3.8, 4) is 5.75 Å². The Morgan fingerprint density at radius 3 is 2.71 bits per heavy atom. The van der Waals surface area contributed by atoms with E-state index in [0.717, 1.165) is 23.8 Å². The van der Waals surface area contributed by atoms with Crippen molar-refractivity contribution in [1.29, 1.82) is 0 Å². The fourth-order valence-corrected chi connectivity index (χ4v) is 1.94. The molecular weight excluding hydrogens is 212 g/mol. The molecule has 2 aromatic carbocycles. The van der Waals surface area contributed by atoms with E-state index in [2.05, 4.69) is 22.8 Å². The molecule has 0 bridgehead atoms. The summed E-state index contributed by atoms with van der Waals surface area (Å²) in [6.45, 7) is 1.36. The van der Waals surface area contributed by atoms with Gasteiger partial charge in [-0.2, -0.15) is 0 Å². The molecule has 2 aromatic rings. The predicted octanol–water partition coefficient (Wildman–Crippen LogP) is 3.06. The summed E-state index contributed by atoms with van der Waals surface area (Å²) in [4.78, 5) is 0. The average molecular weight is 226 g/mol. The highest BCUT2D eigenvalue weighted by Gasteiger charge is 2.13. The van der Waals surface area contributed by atoms with E-state index in [1.165, 1.54) is 5.56 Å². The number of anilines is 2. The molecule has 3 rings (SSSR count). The number of para-hydroxylation sites is 1. The van der Waals surface area contributed by atoms with Crippen molar-refractivity contribution in [2.75, 3.05) is 17.3 Å². The van der Waals surface area contributed by atoms with Crippen molar-refractivity contribution in [3.05, 3.63) is 54.1 Å². The first-order valence-corrected chi connectivity index (χ1v) is 5.71. The molecule has 17 heavy (non-hydrogen) atoms. The molecule has 0 saturated carbocycles. The van der Waals surface area contributed by atoms with Crippen molar-refractivity contribution in [2.24, 2.45) is 0 Å². The Balaban J connectivity index is 1.76. The Morgan fingerprint density at radius 2 is 1.82 bits per heavy atom. The Kier molecular flexibility index (Phi) is 2.58. The molecule has 0 amide bonds. The molecule has 0 spiro atoms.